The second-order valence-electron chi connectivity index (χ2n) is 4.47. The molecule has 0 spiro atoms. The van der Waals surface area contributed by atoms with Gasteiger partial charge in [-0.25, -0.2) is 8.78 Å². The number of hydrogen-bond acceptors (Lipinski definition) is 4. The van der Waals surface area contributed by atoms with Crippen LogP contribution < -0.4 is 10.1 Å². The maximum Gasteiger partial charge on any atom is 0.311 e. The van der Waals surface area contributed by atoms with E-state index in [1.54, 1.807) is 0 Å². The van der Waals surface area contributed by atoms with Crippen LogP contribution in [0.5, 0.6) is 5.75 Å². The van der Waals surface area contributed by atoms with Crippen LogP contribution in [0, 0.1) is 23.3 Å². The average molecular weight is 337 g/mol. The molecule has 23 heavy (non-hydrogen) atoms. The lowest BCUT2D eigenvalue weighted by atomic mass is 10.2. The molecule has 1 aromatic carbocycles. The Kier molecular flexibility index (Phi) is 7.46. The maximum atomic E-state index is 13.3. The zero-order valence-electron chi connectivity index (χ0n) is 12.3. The average Bonchev–Trinajstić information content (AvgIpc) is 2.50. The van der Waals surface area contributed by atoms with E-state index in [0.717, 1.165) is 0 Å². The summed E-state index contributed by atoms with van der Waals surface area (Å²) < 4.78 is 61.5. The van der Waals surface area contributed by atoms with Crippen molar-refractivity contribution < 1.29 is 36.6 Å². The van der Waals surface area contributed by atoms with Crippen molar-refractivity contribution in [2.75, 3.05) is 20.3 Å². The van der Waals surface area contributed by atoms with Crippen molar-refractivity contribution in [3.8, 4) is 5.75 Å². The molecule has 0 bridgehead atoms. The van der Waals surface area contributed by atoms with Crippen LogP contribution >= 0.6 is 0 Å². The van der Waals surface area contributed by atoms with Crippen LogP contribution in [-0.4, -0.2) is 32.1 Å². The number of amides is 1. The second kappa shape index (κ2) is 9.09. The number of rotatable bonds is 8. The lowest BCUT2D eigenvalue weighted by molar-refractivity contribution is -0.135. The molecule has 0 fully saturated rings. The fourth-order valence-electron chi connectivity index (χ4n) is 1.58. The van der Waals surface area contributed by atoms with Crippen LogP contribution in [0.2, 0.25) is 0 Å². The SMILES string of the molecule is COCCNC(=O)CCCC(=O)Oc1c(F)c(F)cc(F)c1F. The first-order valence-electron chi connectivity index (χ1n) is 6.66. The summed E-state index contributed by atoms with van der Waals surface area (Å²) in [5, 5.41) is 2.50. The number of carbonyl (C=O) groups is 2. The number of nitrogens with one attached hydrogen (secondary N) is 1. The van der Waals surface area contributed by atoms with E-state index in [1.165, 1.54) is 7.11 Å². The molecule has 9 heteroatoms. The van der Waals surface area contributed by atoms with Gasteiger partial charge in [0.05, 0.1) is 6.61 Å². The summed E-state index contributed by atoms with van der Waals surface area (Å²) in [6.07, 6.45) is -0.339. The highest BCUT2D eigenvalue weighted by molar-refractivity contribution is 5.77. The van der Waals surface area contributed by atoms with Gasteiger partial charge in [0.15, 0.2) is 11.6 Å². The number of hydrogen-bond donors (Lipinski definition) is 1. The lowest BCUT2D eigenvalue weighted by Gasteiger charge is -2.08. The zero-order valence-corrected chi connectivity index (χ0v) is 12.3. The monoisotopic (exact) mass is 337 g/mol. The van der Waals surface area contributed by atoms with Gasteiger partial charge in [-0.2, -0.15) is 8.78 Å². The number of ether oxygens (including phenoxy) is 2. The van der Waals surface area contributed by atoms with E-state index < -0.39 is 35.0 Å². The molecule has 0 saturated heterocycles. The van der Waals surface area contributed by atoms with Gasteiger partial charge in [0.25, 0.3) is 0 Å². The molecule has 1 N–H and O–H groups in total. The number of carbonyl (C=O) groups excluding carboxylic acids is 2. The van der Waals surface area contributed by atoms with E-state index in [-0.39, 0.29) is 31.2 Å². The minimum absolute atomic E-state index is 0.00631. The van der Waals surface area contributed by atoms with E-state index >= 15 is 0 Å². The van der Waals surface area contributed by atoms with Crippen molar-refractivity contribution in [3.63, 3.8) is 0 Å². The van der Waals surface area contributed by atoms with Gasteiger partial charge in [0.1, 0.15) is 0 Å². The minimum atomic E-state index is -1.80. The van der Waals surface area contributed by atoms with E-state index in [4.69, 9.17) is 4.74 Å². The van der Waals surface area contributed by atoms with Gasteiger partial charge in [-0.1, -0.05) is 0 Å². The number of benzene rings is 1. The summed E-state index contributed by atoms with van der Waals surface area (Å²) >= 11 is 0. The van der Waals surface area contributed by atoms with Gasteiger partial charge in [0.2, 0.25) is 23.3 Å². The Morgan fingerprint density at radius 3 is 2.26 bits per heavy atom. The molecule has 1 aromatic rings. The van der Waals surface area contributed by atoms with Crippen LogP contribution in [0.4, 0.5) is 17.6 Å². The quantitative estimate of drug-likeness (QED) is 0.259. The predicted molar refractivity (Wildman–Crippen MR) is 70.6 cm³/mol. The minimum Gasteiger partial charge on any atom is -0.420 e. The van der Waals surface area contributed by atoms with Gasteiger partial charge >= 0.3 is 5.97 Å². The zero-order chi connectivity index (χ0) is 17.4. The molecular weight excluding hydrogens is 322 g/mol. The fourth-order valence-corrected chi connectivity index (χ4v) is 1.58. The summed E-state index contributed by atoms with van der Waals surface area (Å²) in [5.41, 5.74) is 0. The third-order valence-electron chi connectivity index (χ3n) is 2.70. The Balaban J connectivity index is 2.48. The maximum absolute atomic E-state index is 13.3. The molecular formula is C14H15F4NO4. The van der Waals surface area contributed by atoms with E-state index in [1.807, 2.05) is 0 Å². The summed E-state index contributed by atoms with van der Waals surface area (Å²) in [6.45, 7) is 0.635. The van der Waals surface area contributed by atoms with E-state index in [9.17, 15) is 27.2 Å². The van der Waals surface area contributed by atoms with Crippen molar-refractivity contribution in [2.24, 2.45) is 0 Å². The van der Waals surface area contributed by atoms with Crippen molar-refractivity contribution in [1.29, 1.82) is 0 Å². The van der Waals surface area contributed by atoms with Crippen molar-refractivity contribution >= 4 is 11.9 Å². The highest BCUT2D eigenvalue weighted by Crippen LogP contribution is 2.26. The first-order chi connectivity index (χ1) is 10.9. The van der Waals surface area contributed by atoms with Crippen molar-refractivity contribution in [3.05, 3.63) is 29.3 Å². The summed E-state index contributed by atoms with van der Waals surface area (Å²) in [7, 11) is 1.47. The first-order valence-corrected chi connectivity index (χ1v) is 6.66. The Morgan fingerprint density at radius 1 is 1.09 bits per heavy atom. The number of esters is 1. The molecule has 0 aromatic heterocycles. The number of halogens is 4. The van der Waals surface area contributed by atoms with Crippen LogP contribution in [-0.2, 0) is 14.3 Å². The molecule has 0 aliphatic carbocycles. The second-order valence-corrected chi connectivity index (χ2v) is 4.47. The Morgan fingerprint density at radius 2 is 1.70 bits per heavy atom. The van der Waals surface area contributed by atoms with Crippen LogP contribution in [0.3, 0.4) is 0 Å². The predicted octanol–water partition coefficient (Wildman–Crippen LogP) is 2.08. The molecule has 0 saturated carbocycles. The van der Waals surface area contributed by atoms with Crippen LogP contribution in [0.25, 0.3) is 0 Å². The molecule has 128 valence electrons. The van der Waals surface area contributed by atoms with Crippen LogP contribution in [0.15, 0.2) is 6.07 Å². The standard InChI is InChI=1S/C14H15F4NO4/c1-22-6-5-19-10(20)3-2-4-11(21)23-14-12(17)8(15)7-9(16)13(14)18/h7H,2-6H2,1H3,(H,19,20). The Labute approximate surface area is 129 Å². The molecule has 1 amide bonds. The Hall–Kier alpha value is -2.16. The first kappa shape index (κ1) is 18.9. The summed E-state index contributed by atoms with van der Waals surface area (Å²) in [4.78, 5) is 22.7. The lowest BCUT2D eigenvalue weighted by Crippen LogP contribution is -2.26. The van der Waals surface area contributed by atoms with E-state index in [0.29, 0.717) is 13.2 Å². The van der Waals surface area contributed by atoms with Crippen molar-refractivity contribution in [1.82, 2.24) is 5.32 Å². The molecule has 0 aliphatic rings. The molecule has 0 heterocycles. The molecule has 5 nitrogen and oxygen atoms in total. The highest BCUT2D eigenvalue weighted by Gasteiger charge is 2.22. The molecule has 0 unspecified atom stereocenters. The fraction of sp³-hybridized carbons (Fsp3) is 0.429. The molecule has 1 rings (SSSR count). The smallest absolute Gasteiger partial charge is 0.311 e. The Bertz CT molecular complexity index is 554. The molecule has 0 radical (unpaired) electrons. The van der Waals surface area contributed by atoms with Crippen molar-refractivity contribution in [2.45, 2.75) is 19.3 Å². The third kappa shape index (κ3) is 5.85. The summed E-state index contributed by atoms with van der Waals surface area (Å²) in [5.74, 6) is -9.84. The van der Waals surface area contributed by atoms with E-state index in [2.05, 4.69) is 10.1 Å². The third-order valence-corrected chi connectivity index (χ3v) is 2.70. The summed E-state index contributed by atoms with van der Waals surface area (Å²) in [6, 6.07) is 0.00631. The normalized spacial score (nSPS) is 10.5. The molecule has 0 atom stereocenters. The van der Waals surface area contributed by atoms with Gasteiger partial charge in [0, 0.05) is 32.6 Å². The topological polar surface area (TPSA) is 64.6 Å². The van der Waals surface area contributed by atoms with Gasteiger partial charge in [-0.05, 0) is 6.42 Å². The van der Waals surface area contributed by atoms with Crippen LogP contribution in [0.1, 0.15) is 19.3 Å². The van der Waals surface area contributed by atoms with Gasteiger partial charge < -0.3 is 14.8 Å². The van der Waals surface area contributed by atoms with Gasteiger partial charge in [-0.15, -0.1) is 0 Å². The van der Waals surface area contributed by atoms with Gasteiger partial charge in [-0.3, -0.25) is 9.59 Å². The highest BCUT2D eigenvalue weighted by atomic mass is 19.2. The number of methoxy groups -OCH3 is 1. The largest absolute Gasteiger partial charge is 0.420 e. The molecule has 0 aliphatic heterocycles.